The van der Waals surface area contributed by atoms with Crippen molar-refractivity contribution in [1.82, 2.24) is 9.97 Å². The van der Waals surface area contributed by atoms with Gasteiger partial charge in [0.1, 0.15) is 0 Å². The van der Waals surface area contributed by atoms with Crippen LogP contribution in [-0.2, 0) is 0 Å². The molecule has 0 spiro atoms. The molecule has 1 fully saturated rings. The van der Waals surface area contributed by atoms with E-state index in [1.165, 1.54) is 19.3 Å². The van der Waals surface area contributed by atoms with Crippen molar-refractivity contribution in [1.29, 1.82) is 0 Å². The summed E-state index contributed by atoms with van der Waals surface area (Å²) in [6, 6.07) is 2.24. The second-order valence-electron chi connectivity index (χ2n) is 4.94. The Kier molecular flexibility index (Phi) is 3.82. The fourth-order valence-corrected chi connectivity index (χ4v) is 2.48. The molecule has 0 amide bonds. The Labute approximate surface area is 103 Å². The molecule has 2 rings (SSSR count). The van der Waals surface area contributed by atoms with E-state index in [0.717, 1.165) is 5.92 Å². The highest BCUT2D eigenvalue weighted by Gasteiger charge is 2.27. The van der Waals surface area contributed by atoms with Gasteiger partial charge < -0.3 is 10.1 Å². The molecule has 3 unspecified atom stereocenters. The van der Waals surface area contributed by atoms with Crippen LogP contribution in [0.4, 0.5) is 5.95 Å². The zero-order chi connectivity index (χ0) is 12.3. The SMILES string of the molecule is COc1ccnc(NC2CCCC(C)C2C)n1. The van der Waals surface area contributed by atoms with Crippen LogP contribution in [-0.4, -0.2) is 23.1 Å². The van der Waals surface area contributed by atoms with Gasteiger partial charge in [0, 0.05) is 18.3 Å². The number of aromatic nitrogens is 2. The van der Waals surface area contributed by atoms with Crippen LogP contribution >= 0.6 is 0 Å². The molecule has 0 aromatic carbocycles. The zero-order valence-corrected chi connectivity index (χ0v) is 10.8. The lowest BCUT2D eigenvalue weighted by atomic mass is 9.78. The lowest BCUT2D eigenvalue weighted by molar-refractivity contribution is 0.252. The highest BCUT2D eigenvalue weighted by atomic mass is 16.5. The van der Waals surface area contributed by atoms with E-state index < -0.39 is 0 Å². The van der Waals surface area contributed by atoms with Crippen LogP contribution < -0.4 is 10.1 Å². The van der Waals surface area contributed by atoms with Crippen molar-refractivity contribution < 1.29 is 4.74 Å². The average Bonchev–Trinajstić information content (AvgIpc) is 2.35. The van der Waals surface area contributed by atoms with Gasteiger partial charge in [0.05, 0.1) is 7.11 Å². The summed E-state index contributed by atoms with van der Waals surface area (Å²) in [5.74, 6) is 2.72. The Morgan fingerprint density at radius 3 is 2.94 bits per heavy atom. The molecule has 4 nitrogen and oxygen atoms in total. The third kappa shape index (κ3) is 2.87. The number of hydrogen-bond acceptors (Lipinski definition) is 4. The average molecular weight is 235 g/mol. The fourth-order valence-electron chi connectivity index (χ4n) is 2.48. The molecule has 4 heteroatoms. The number of anilines is 1. The Balaban J connectivity index is 2.04. The normalized spacial score (nSPS) is 28.8. The number of nitrogens with one attached hydrogen (secondary N) is 1. The van der Waals surface area contributed by atoms with Crippen LogP contribution in [0, 0.1) is 11.8 Å². The fraction of sp³-hybridized carbons (Fsp3) is 0.692. The van der Waals surface area contributed by atoms with Gasteiger partial charge >= 0.3 is 0 Å². The van der Waals surface area contributed by atoms with E-state index in [1.807, 2.05) is 0 Å². The number of hydrogen-bond donors (Lipinski definition) is 1. The van der Waals surface area contributed by atoms with Crippen LogP contribution in [0.1, 0.15) is 33.1 Å². The molecule has 1 heterocycles. The van der Waals surface area contributed by atoms with Crippen LogP contribution in [0.2, 0.25) is 0 Å². The van der Waals surface area contributed by atoms with Gasteiger partial charge in [-0.1, -0.05) is 26.7 Å². The molecule has 1 saturated carbocycles. The first-order valence-electron chi connectivity index (χ1n) is 6.34. The molecule has 1 aromatic rings. The zero-order valence-electron chi connectivity index (χ0n) is 10.8. The Hall–Kier alpha value is -1.32. The summed E-state index contributed by atoms with van der Waals surface area (Å²) < 4.78 is 5.10. The molecule has 0 aliphatic heterocycles. The molecule has 0 radical (unpaired) electrons. The second kappa shape index (κ2) is 5.34. The Morgan fingerprint density at radius 2 is 2.18 bits per heavy atom. The van der Waals surface area contributed by atoms with Crippen molar-refractivity contribution in [3.8, 4) is 5.88 Å². The van der Waals surface area contributed by atoms with Crippen molar-refractivity contribution in [2.75, 3.05) is 12.4 Å². The van der Waals surface area contributed by atoms with E-state index in [9.17, 15) is 0 Å². The molecular formula is C13H21N3O. The molecule has 1 aliphatic carbocycles. The number of ether oxygens (including phenoxy) is 1. The molecule has 17 heavy (non-hydrogen) atoms. The van der Waals surface area contributed by atoms with Crippen molar-refractivity contribution in [2.24, 2.45) is 11.8 Å². The third-order valence-electron chi connectivity index (χ3n) is 3.86. The van der Waals surface area contributed by atoms with Crippen LogP contribution in [0.5, 0.6) is 5.88 Å². The topological polar surface area (TPSA) is 47.0 Å². The molecule has 0 saturated heterocycles. The summed E-state index contributed by atoms with van der Waals surface area (Å²) in [5, 5.41) is 3.43. The van der Waals surface area contributed by atoms with Gasteiger partial charge in [0.15, 0.2) is 0 Å². The van der Waals surface area contributed by atoms with Crippen molar-refractivity contribution in [3.05, 3.63) is 12.3 Å². The number of rotatable bonds is 3. The van der Waals surface area contributed by atoms with Gasteiger partial charge in [0.2, 0.25) is 11.8 Å². The van der Waals surface area contributed by atoms with Gasteiger partial charge in [-0.3, -0.25) is 0 Å². The van der Waals surface area contributed by atoms with Crippen molar-refractivity contribution in [3.63, 3.8) is 0 Å². The summed E-state index contributed by atoms with van der Waals surface area (Å²) in [5.41, 5.74) is 0. The minimum absolute atomic E-state index is 0.478. The second-order valence-corrected chi connectivity index (χ2v) is 4.94. The quantitative estimate of drug-likeness (QED) is 0.875. The molecule has 1 aromatic heterocycles. The third-order valence-corrected chi connectivity index (χ3v) is 3.86. The standard InChI is InChI=1S/C13H21N3O/c1-9-5-4-6-11(10(9)2)15-13-14-8-7-12(16-13)17-3/h7-11H,4-6H2,1-3H3,(H,14,15,16). The molecule has 1 N–H and O–H groups in total. The van der Waals surface area contributed by atoms with Gasteiger partial charge in [-0.25, -0.2) is 4.98 Å². The maximum atomic E-state index is 5.10. The Bertz CT molecular complexity index is 369. The van der Waals surface area contributed by atoms with Crippen LogP contribution in [0.25, 0.3) is 0 Å². The van der Waals surface area contributed by atoms with E-state index in [4.69, 9.17) is 4.74 Å². The molecule has 0 bridgehead atoms. The monoisotopic (exact) mass is 235 g/mol. The summed E-state index contributed by atoms with van der Waals surface area (Å²) in [7, 11) is 1.62. The molecule has 1 aliphatic rings. The smallest absolute Gasteiger partial charge is 0.226 e. The number of methoxy groups -OCH3 is 1. The Morgan fingerprint density at radius 1 is 1.35 bits per heavy atom. The number of nitrogens with zero attached hydrogens (tertiary/aromatic N) is 2. The van der Waals surface area contributed by atoms with Gasteiger partial charge in [-0.2, -0.15) is 4.98 Å². The first-order valence-corrected chi connectivity index (χ1v) is 6.34. The first-order chi connectivity index (χ1) is 8.20. The first kappa shape index (κ1) is 12.1. The molecular weight excluding hydrogens is 214 g/mol. The van der Waals surface area contributed by atoms with E-state index in [-0.39, 0.29) is 0 Å². The minimum atomic E-state index is 0.478. The highest BCUT2D eigenvalue weighted by molar-refractivity contribution is 5.29. The van der Waals surface area contributed by atoms with E-state index in [1.54, 1.807) is 19.4 Å². The van der Waals surface area contributed by atoms with E-state index in [0.29, 0.717) is 23.8 Å². The van der Waals surface area contributed by atoms with Crippen molar-refractivity contribution in [2.45, 2.75) is 39.2 Å². The molecule has 3 atom stereocenters. The lowest BCUT2D eigenvalue weighted by Gasteiger charge is -2.34. The van der Waals surface area contributed by atoms with Gasteiger partial charge in [0.25, 0.3) is 0 Å². The predicted octanol–water partition coefficient (Wildman–Crippen LogP) is 2.72. The predicted molar refractivity (Wildman–Crippen MR) is 68.2 cm³/mol. The maximum absolute atomic E-state index is 5.10. The summed E-state index contributed by atoms with van der Waals surface area (Å²) >= 11 is 0. The van der Waals surface area contributed by atoms with E-state index in [2.05, 4.69) is 29.1 Å². The highest BCUT2D eigenvalue weighted by Crippen LogP contribution is 2.31. The van der Waals surface area contributed by atoms with Gasteiger partial charge in [-0.05, 0) is 18.3 Å². The summed E-state index contributed by atoms with van der Waals surface area (Å²) in [6.45, 7) is 4.63. The van der Waals surface area contributed by atoms with Gasteiger partial charge in [-0.15, -0.1) is 0 Å². The van der Waals surface area contributed by atoms with Crippen LogP contribution in [0.3, 0.4) is 0 Å². The minimum Gasteiger partial charge on any atom is -0.481 e. The summed E-state index contributed by atoms with van der Waals surface area (Å²) in [6.07, 6.45) is 5.54. The van der Waals surface area contributed by atoms with Crippen LogP contribution in [0.15, 0.2) is 12.3 Å². The molecule has 94 valence electrons. The lowest BCUT2D eigenvalue weighted by Crippen LogP contribution is -2.35. The largest absolute Gasteiger partial charge is 0.481 e. The van der Waals surface area contributed by atoms with E-state index >= 15 is 0 Å². The maximum Gasteiger partial charge on any atom is 0.226 e. The van der Waals surface area contributed by atoms with Crippen molar-refractivity contribution >= 4 is 5.95 Å². The summed E-state index contributed by atoms with van der Waals surface area (Å²) in [4.78, 5) is 8.54.